The lowest BCUT2D eigenvalue weighted by Gasteiger charge is -2.26. The molecule has 0 radical (unpaired) electrons. The third-order valence-corrected chi connectivity index (χ3v) is 3.55. The molecule has 1 saturated heterocycles. The summed E-state index contributed by atoms with van der Waals surface area (Å²) in [6, 6.07) is -0.308. The molecule has 1 aliphatic rings. The first-order valence-electron chi connectivity index (χ1n) is 4.96. The lowest BCUT2D eigenvalue weighted by molar-refractivity contribution is 0.122. The minimum atomic E-state index is -0.308. The van der Waals surface area contributed by atoms with Crippen molar-refractivity contribution in [3.8, 4) is 0 Å². The Morgan fingerprint density at radius 3 is 3.00 bits per heavy atom. The number of nitrogens with two attached hydrogens (primary N) is 1. The fraction of sp³-hybridized carbons (Fsp3) is 0.667. The molecule has 1 unspecified atom stereocenters. The third kappa shape index (κ3) is 2.46. The Bertz CT molecular complexity index is 312. The summed E-state index contributed by atoms with van der Waals surface area (Å²) in [6.07, 6.45) is 1.75. The van der Waals surface area contributed by atoms with Crippen LogP contribution in [0, 0.1) is 0 Å². The second kappa shape index (κ2) is 4.89. The number of hydrogen-bond acceptors (Lipinski definition) is 6. The Kier molecular flexibility index (Phi) is 3.53. The standard InChI is InChI=1S/C9H15N3O2S/c10-7(6-13)8-5-11-9(15-8)12-1-3-14-4-2-12/h5,7,13H,1-4,6,10H2. The summed E-state index contributed by atoms with van der Waals surface area (Å²) in [6.45, 7) is 3.22. The molecule has 0 spiro atoms. The number of rotatable bonds is 3. The van der Waals surface area contributed by atoms with E-state index in [2.05, 4.69) is 9.88 Å². The second-order valence-corrected chi connectivity index (χ2v) is 4.47. The summed E-state index contributed by atoms with van der Waals surface area (Å²) in [5.41, 5.74) is 5.71. The quantitative estimate of drug-likeness (QED) is 0.761. The number of aliphatic hydroxyl groups excluding tert-OH is 1. The zero-order chi connectivity index (χ0) is 10.7. The molecule has 5 nitrogen and oxygen atoms in total. The summed E-state index contributed by atoms with van der Waals surface area (Å²) in [7, 11) is 0. The largest absolute Gasteiger partial charge is 0.394 e. The Labute approximate surface area is 92.5 Å². The van der Waals surface area contributed by atoms with E-state index in [-0.39, 0.29) is 12.6 Å². The highest BCUT2D eigenvalue weighted by molar-refractivity contribution is 7.15. The minimum absolute atomic E-state index is 0.0370. The number of hydrogen-bond donors (Lipinski definition) is 2. The van der Waals surface area contributed by atoms with Crippen LogP contribution in [0.1, 0.15) is 10.9 Å². The van der Waals surface area contributed by atoms with Crippen molar-refractivity contribution in [2.75, 3.05) is 37.8 Å². The number of morpholine rings is 1. The van der Waals surface area contributed by atoms with Crippen LogP contribution in [-0.2, 0) is 4.74 Å². The van der Waals surface area contributed by atoms with Crippen LogP contribution in [0.3, 0.4) is 0 Å². The summed E-state index contributed by atoms with van der Waals surface area (Å²) in [4.78, 5) is 7.42. The van der Waals surface area contributed by atoms with Crippen LogP contribution in [0.4, 0.5) is 5.13 Å². The number of thiazole rings is 1. The lowest BCUT2D eigenvalue weighted by atomic mass is 10.3. The van der Waals surface area contributed by atoms with Gasteiger partial charge in [0.15, 0.2) is 5.13 Å². The van der Waals surface area contributed by atoms with Crippen molar-refractivity contribution in [2.45, 2.75) is 6.04 Å². The van der Waals surface area contributed by atoms with E-state index >= 15 is 0 Å². The molecule has 1 aliphatic heterocycles. The molecule has 1 aromatic rings. The maximum Gasteiger partial charge on any atom is 0.185 e. The van der Waals surface area contributed by atoms with Gasteiger partial charge in [-0.1, -0.05) is 0 Å². The normalized spacial score (nSPS) is 19.2. The van der Waals surface area contributed by atoms with Crippen molar-refractivity contribution in [2.24, 2.45) is 5.73 Å². The maximum absolute atomic E-state index is 8.93. The summed E-state index contributed by atoms with van der Waals surface area (Å²) in [5, 5.41) is 9.90. The van der Waals surface area contributed by atoms with Gasteiger partial charge in [0.25, 0.3) is 0 Å². The van der Waals surface area contributed by atoms with Gasteiger partial charge in [-0.3, -0.25) is 0 Å². The molecule has 0 saturated carbocycles. The average molecular weight is 229 g/mol. The van der Waals surface area contributed by atoms with Gasteiger partial charge in [0.2, 0.25) is 0 Å². The van der Waals surface area contributed by atoms with E-state index in [0.29, 0.717) is 0 Å². The molecule has 0 aromatic carbocycles. The maximum atomic E-state index is 8.93. The lowest BCUT2D eigenvalue weighted by Crippen LogP contribution is -2.36. The van der Waals surface area contributed by atoms with Gasteiger partial charge in [-0.05, 0) is 0 Å². The Morgan fingerprint density at radius 2 is 2.33 bits per heavy atom. The highest BCUT2D eigenvalue weighted by Crippen LogP contribution is 2.26. The molecular weight excluding hydrogens is 214 g/mol. The number of anilines is 1. The van der Waals surface area contributed by atoms with Crippen LogP contribution in [0.5, 0.6) is 0 Å². The molecule has 15 heavy (non-hydrogen) atoms. The Morgan fingerprint density at radius 1 is 1.60 bits per heavy atom. The van der Waals surface area contributed by atoms with Gasteiger partial charge < -0.3 is 20.5 Å². The van der Waals surface area contributed by atoms with Crippen molar-refractivity contribution >= 4 is 16.5 Å². The van der Waals surface area contributed by atoms with Crippen LogP contribution < -0.4 is 10.6 Å². The molecule has 1 aromatic heterocycles. The van der Waals surface area contributed by atoms with E-state index in [0.717, 1.165) is 36.3 Å². The van der Waals surface area contributed by atoms with Crippen LogP contribution in [0.25, 0.3) is 0 Å². The molecule has 1 atom stereocenters. The van der Waals surface area contributed by atoms with Gasteiger partial charge in [0, 0.05) is 24.2 Å². The summed E-state index contributed by atoms with van der Waals surface area (Å²) < 4.78 is 5.27. The van der Waals surface area contributed by atoms with E-state index in [9.17, 15) is 0 Å². The van der Waals surface area contributed by atoms with Gasteiger partial charge in [0.05, 0.1) is 25.9 Å². The van der Waals surface area contributed by atoms with Gasteiger partial charge in [-0.15, -0.1) is 11.3 Å². The highest BCUT2D eigenvalue weighted by Gasteiger charge is 2.16. The van der Waals surface area contributed by atoms with Crippen LogP contribution in [-0.4, -0.2) is 43.0 Å². The van der Waals surface area contributed by atoms with E-state index in [1.807, 2.05) is 0 Å². The third-order valence-electron chi connectivity index (χ3n) is 2.36. The summed E-state index contributed by atoms with van der Waals surface area (Å²) in [5.74, 6) is 0. The molecule has 0 bridgehead atoms. The van der Waals surface area contributed by atoms with Crippen LogP contribution >= 0.6 is 11.3 Å². The predicted octanol–water partition coefficient (Wildman–Crippen LogP) is -0.0282. The first-order valence-corrected chi connectivity index (χ1v) is 5.78. The van der Waals surface area contributed by atoms with E-state index in [1.54, 1.807) is 17.5 Å². The zero-order valence-corrected chi connectivity index (χ0v) is 9.24. The molecule has 0 aliphatic carbocycles. The first-order chi connectivity index (χ1) is 7.31. The van der Waals surface area contributed by atoms with E-state index in [1.165, 1.54) is 0 Å². The number of aliphatic hydroxyl groups is 1. The number of nitrogens with zero attached hydrogens (tertiary/aromatic N) is 2. The second-order valence-electron chi connectivity index (χ2n) is 3.43. The average Bonchev–Trinajstić information content (AvgIpc) is 2.78. The molecule has 1 fully saturated rings. The van der Waals surface area contributed by atoms with Crippen molar-refractivity contribution in [1.29, 1.82) is 0 Å². The topological polar surface area (TPSA) is 71.6 Å². The van der Waals surface area contributed by atoms with Crippen LogP contribution in [0.2, 0.25) is 0 Å². The highest BCUT2D eigenvalue weighted by atomic mass is 32.1. The molecule has 2 heterocycles. The monoisotopic (exact) mass is 229 g/mol. The molecule has 6 heteroatoms. The van der Waals surface area contributed by atoms with Gasteiger partial charge >= 0.3 is 0 Å². The Balaban J connectivity index is 2.05. The van der Waals surface area contributed by atoms with Crippen molar-refractivity contribution < 1.29 is 9.84 Å². The van der Waals surface area contributed by atoms with Crippen molar-refractivity contribution in [3.05, 3.63) is 11.1 Å². The number of ether oxygens (including phenoxy) is 1. The smallest absolute Gasteiger partial charge is 0.185 e. The van der Waals surface area contributed by atoms with E-state index < -0.39 is 0 Å². The molecule has 84 valence electrons. The van der Waals surface area contributed by atoms with Crippen LogP contribution in [0.15, 0.2) is 6.20 Å². The first kappa shape index (κ1) is 10.8. The molecule has 3 N–H and O–H groups in total. The summed E-state index contributed by atoms with van der Waals surface area (Å²) >= 11 is 1.55. The molecule has 2 rings (SSSR count). The minimum Gasteiger partial charge on any atom is -0.394 e. The fourth-order valence-corrected chi connectivity index (χ4v) is 2.40. The fourth-order valence-electron chi connectivity index (χ4n) is 1.44. The predicted molar refractivity (Wildman–Crippen MR) is 59.2 cm³/mol. The SMILES string of the molecule is NC(CO)c1cnc(N2CCOCC2)s1. The number of aromatic nitrogens is 1. The zero-order valence-electron chi connectivity index (χ0n) is 8.43. The Hall–Kier alpha value is -0.690. The van der Waals surface area contributed by atoms with Gasteiger partial charge in [-0.25, -0.2) is 4.98 Å². The van der Waals surface area contributed by atoms with E-state index in [4.69, 9.17) is 15.6 Å². The molecule has 0 amide bonds. The van der Waals surface area contributed by atoms with Crippen molar-refractivity contribution in [3.63, 3.8) is 0 Å². The van der Waals surface area contributed by atoms with Crippen molar-refractivity contribution in [1.82, 2.24) is 4.98 Å². The molecular formula is C9H15N3O2S. The van der Waals surface area contributed by atoms with Gasteiger partial charge in [-0.2, -0.15) is 0 Å². The van der Waals surface area contributed by atoms with Gasteiger partial charge in [0.1, 0.15) is 0 Å².